The van der Waals surface area contributed by atoms with E-state index < -0.39 is 8.80 Å². The summed E-state index contributed by atoms with van der Waals surface area (Å²) < 4.78 is 23.1. The number of benzene rings is 1. The van der Waals surface area contributed by atoms with Gasteiger partial charge in [0.1, 0.15) is 5.75 Å². The van der Waals surface area contributed by atoms with Crippen molar-refractivity contribution in [2.75, 3.05) is 27.9 Å². The van der Waals surface area contributed by atoms with Gasteiger partial charge in [-0.2, -0.15) is 0 Å². The summed E-state index contributed by atoms with van der Waals surface area (Å²) in [5.74, 6) is 0.723. The maximum atomic E-state index is 5.68. The molecule has 0 amide bonds. The van der Waals surface area contributed by atoms with Gasteiger partial charge in [-0.05, 0) is 47.5 Å². The quantitative estimate of drug-likeness (QED) is 0.747. The molecule has 0 heterocycles. The van der Waals surface area contributed by atoms with E-state index in [1.165, 1.54) is 0 Å². The van der Waals surface area contributed by atoms with E-state index in [4.69, 9.17) is 18.0 Å². The van der Waals surface area contributed by atoms with Crippen molar-refractivity contribution in [3.8, 4) is 5.75 Å². The Balaban J connectivity index is 3.44. The fraction of sp³-hybridized carbons (Fsp3) is 0.500. The van der Waals surface area contributed by atoms with Gasteiger partial charge in [0.15, 0.2) is 0 Å². The maximum Gasteiger partial charge on any atom is 0.540 e. The minimum atomic E-state index is -2.89. The van der Waals surface area contributed by atoms with Crippen molar-refractivity contribution in [2.24, 2.45) is 0 Å². The van der Waals surface area contributed by atoms with Crippen molar-refractivity contribution in [1.29, 1.82) is 0 Å². The van der Waals surface area contributed by atoms with Crippen LogP contribution in [0.4, 0.5) is 0 Å². The van der Waals surface area contributed by atoms with Crippen LogP contribution in [0.5, 0.6) is 5.75 Å². The highest BCUT2D eigenvalue weighted by Gasteiger charge is 2.44. The van der Waals surface area contributed by atoms with Crippen LogP contribution in [-0.2, 0) is 13.3 Å². The molecule has 0 aliphatic heterocycles. The molecule has 0 aliphatic carbocycles. The Morgan fingerprint density at radius 2 is 1.67 bits per heavy atom. The van der Waals surface area contributed by atoms with Gasteiger partial charge in [0.25, 0.3) is 0 Å². The minimum Gasteiger partial charge on any atom is -0.493 e. The van der Waals surface area contributed by atoms with Crippen LogP contribution in [0.15, 0.2) is 16.6 Å². The monoisotopic (exact) mass is 334 g/mol. The molecule has 1 rings (SSSR count). The molecule has 1 aromatic rings. The summed E-state index contributed by atoms with van der Waals surface area (Å²) in [6, 6.07) is 3.98. The van der Waals surface area contributed by atoms with Crippen LogP contribution >= 0.6 is 15.9 Å². The second-order valence-electron chi connectivity index (χ2n) is 3.73. The van der Waals surface area contributed by atoms with Crippen LogP contribution in [0, 0.1) is 6.92 Å². The minimum absolute atomic E-state index is 0.566. The van der Waals surface area contributed by atoms with E-state index in [2.05, 4.69) is 15.9 Å². The topological polar surface area (TPSA) is 36.9 Å². The molecule has 0 aromatic heterocycles. The van der Waals surface area contributed by atoms with Crippen LogP contribution in [0.3, 0.4) is 0 Å². The molecule has 0 radical (unpaired) electrons. The first kappa shape index (κ1) is 15.7. The van der Waals surface area contributed by atoms with Crippen molar-refractivity contribution in [1.82, 2.24) is 0 Å². The molecule has 0 aliphatic rings. The highest BCUT2D eigenvalue weighted by Crippen LogP contribution is 2.27. The van der Waals surface area contributed by atoms with Gasteiger partial charge in [-0.1, -0.05) is 0 Å². The van der Waals surface area contributed by atoms with Crippen molar-refractivity contribution < 1.29 is 18.0 Å². The summed E-state index contributed by atoms with van der Waals surface area (Å²) >= 11 is 3.51. The molecule has 0 saturated heterocycles. The molecule has 6 heteroatoms. The summed E-state index contributed by atoms with van der Waals surface area (Å²) in [7, 11) is 1.87. The third-order valence-electron chi connectivity index (χ3n) is 2.61. The summed E-state index contributed by atoms with van der Waals surface area (Å²) in [4.78, 5) is 0. The lowest BCUT2D eigenvalue weighted by molar-refractivity contribution is 0.139. The van der Waals surface area contributed by atoms with E-state index in [0.717, 1.165) is 21.0 Å². The molecule has 0 atom stereocenters. The van der Waals surface area contributed by atoms with E-state index in [-0.39, 0.29) is 0 Å². The third-order valence-corrected chi connectivity index (χ3v) is 5.85. The number of rotatable bonds is 6. The largest absolute Gasteiger partial charge is 0.540 e. The molecule has 0 saturated carbocycles. The van der Waals surface area contributed by atoms with Crippen LogP contribution < -0.4 is 9.92 Å². The number of hydrogen-bond donors (Lipinski definition) is 0. The highest BCUT2D eigenvalue weighted by atomic mass is 79.9. The normalized spacial score (nSPS) is 11.7. The number of ether oxygens (including phenoxy) is 1. The fourth-order valence-electron chi connectivity index (χ4n) is 1.83. The summed E-state index contributed by atoms with van der Waals surface area (Å²) in [5.41, 5.74) is 1.09. The average molecular weight is 335 g/mol. The summed E-state index contributed by atoms with van der Waals surface area (Å²) in [6.45, 7) is 4.51. The predicted molar refractivity (Wildman–Crippen MR) is 76.5 cm³/mol. The van der Waals surface area contributed by atoms with E-state index in [1.54, 1.807) is 21.3 Å². The van der Waals surface area contributed by atoms with Crippen molar-refractivity contribution in [3.05, 3.63) is 22.2 Å². The Labute approximate surface area is 118 Å². The van der Waals surface area contributed by atoms with E-state index in [0.29, 0.717) is 6.61 Å². The zero-order valence-corrected chi connectivity index (χ0v) is 14.0. The van der Waals surface area contributed by atoms with Gasteiger partial charge in [0.2, 0.25) is 0 Å². The molecule has 18 heavy (non-hydrogen) atoms. The van der Waals surface area contributed by atoms with E-state index in [9.17, 15) is 0 Å². The average Bonchev–Trinajstić information content (AvgIpc) is 2.36. The van der Waals surface area contributed by atoms with Crippen LogP contribution in [0.2, 0.25) is 0 Å². The zero-order chi connectivity index (χ0) is 13.8. The maximum absolute atomic E-state index is 5.68. The van der Waals surface area contributed by atoms with Crippen LogP contribution in [-0.4, -0.2) is 36.7 Å². The van der Waals surface area contributed by atoms with E-state index >= 15 is 0 Å². The molecule has 1 aromatic carbocycles. The fourth-order valence-corrected chi connectivity index (χ4v) is 4.75. The summed E-state index contributed by atoms with van der Waals surface area (Å²) in [6.07, 6.45) is 0. The van der Waals surface area contributed by atoms with Crippen LogP contribution in [0.1, 0.15) is 12.5 Å². The van der Waals surface area contributed by atoms with Gasteiger partial charge in [0, 0.05) is 21.3 Å². The molecule has 4 nitrogen and oxygen atoms in total. The van der Waals surface area contributed by atoms with Crippen molar-refractivity contribution in [2.45, 2.75) is 13.8 Å². The van der Waals surface area contributed by atoms with E-state index in [1.807, 2.05) is 26.0 Å². The lowest BCUT2D eigenvalue weighted by Gasteiger charge is -2.27. The van der Waals surface area contributed by atoms with Gasteiger partial charge >= 0.3 is 8.80 Å². The first-order chi connectivity index (χ1) is 8.54. The standard InChI is InChI=1S/C12H19BrO4Si/c1-6-17-12-10(13)7-9(2)8-11(12)18(14-3,15-4)16-5/h7-8H,6H2,1-5H3. The Morgan fingerprint density at radius 3 is 2.11 bits per heavy atom. The molecule has 0 bridgehead atoms. The van der Waals surface area contributed by atoms with Crippen molar-refractivity contribution >= 4 is 29.9 Å². The Morgan fingerprint density at radius 1 is 1.11 bits per heavy atom. The number of halogens is 1. The molecule has 0 fully saturated rings. The molecule has 0 unspecified atom stereocenters. The van der Waals surface area contributed by atoms with Crippen LogP contribution in [0.25, 0.3) is 0 Å². The second kappa shape index (κ2) is 6.67. The Bertz CT molecular complexity index is 399. The Kier molecular flexibility index (Phi) is 5.80. The number of aryl methyl sites for hydroxylation is 1. The molecular weight excluding hydrogens is 316 g/mol. The lowest BCUT2D eigenvalue weighted by atomic mass is 10.2. The first-order valence-electron chi connectivity index (χ1n) is 5.63. The molecule has 0 spiro atoms. The SMILES string of the molecule is CCOc1c(Br)cc(C)cc1[Si](OC)(OC)OC. The molecule has 102 valence electrons. The van der Waals surface area contributed by atoms with Gasteiger partial charge < -0.3 is 18.0 Å². The second-order valence-corrected chi connectivity index (χ2v) is 7.46. The molecular formula is C12H19BrO4Si. The number of hydrogen-bond acceptors (Lipinski definition) is 4. The lowest BCUT2D eigenvalue weighted by Crippen LogP contribution is -2.55. The zero-order valence-electron chi connectivity index (χ0n) is 11.4. The molecule has 0 N–H and O–H groups in total. The Hall–Kier alpha value is -0.403. The predicted octanol–water partition coefficient (Wildman–Crippen LogP) is 2.24. The van der Waals surface area contributed by atoms with Crippen molar-refractivity contribution in [3.63, 3.8) is 0 Å². The smallest absolute Gasteiger partial charge is 0.493 e. The van der Waals surface area contributed by atoms with Gasteiger partial charge in [0.05, 0.1) is 16.3 Å². The highest BCUT2D eigenvalue weighted by molar-refractivity contribution is 9.10. The van der Waals surface area contributed by atoms with Gasteiger partial charge in [-0.15, -0.1) is 0 Å². The first-order valence-corrected chi connectivity index (χ1v) is 8.15. The summed E-state index contributed by atoms with van der Waals surface area (Å²) in [5, 5.41) is 0.837. The third kappa shape index (κ3) is 2.94. The van der Waals surface area contributed by atoms with Gasteiger partial charge in [-0.3, -0.25) is 0 Å². The van der Waals surface area contributed by atoms with Gasteiger partial charge in [-0.25, -0.2) is 0 Å².